The summed E-state index contributed by atoms with van der Waals surface area (Å²) in [5.74, 6) is 1.85. The van der Waals surface area contributed by atoms with Crippen molar-refractivity contribution >= 4 is 23.1 Å². The van der Waals surface area contributed by atoms with Crippen LogP contribution in [0.15, 0.2) is 35.7 Å². The summed E-state index contributed by atoms with van der Waals surface area (Å²) in [4.78, 5) is 4.70. The highest BCUT2D eigenvalue weighted by Crippen LogP contribution is 2.32. The molecule has 0 amide bonds. The molecule has 112 valence electrons. The molecule has 1 fully saturated rings. The van der Waals surface area contributed by atoms with Crippen LogP contribution in [0.1, 0.15) is 16.3 Å². The molecular weight excluding hydrogens is 302 g/mol. The van der Waals surface area contributed by atoms with Crippen LogP contribution in [0.3, 0.4) is 0 Å². The molecule has 1 aromatic carbocycles. The third-order valence-electron chi connectivity index (χ3n) is 3.61. The fraction of sp³-hybridized carbons (Fsp3) is 0.438. The molecule has 1 aliphatic heterocycles. The molecule has 21 heavy (non-hydrogen) atoms. The van der Waals surface area contributed by atoms with E-state index >= 15 is 0 Å². The molecule has 1 aromatic heterocycles. The molecule has 0 bridgehead atoms. The van der Waals surface area contributed by atoms with Crippen LogP contribution in [-0.2, 0) is 16.9 Å². The quantitative estimate of drug-likeness (QED) is 0.851. The number of nitrogens with zero attached hydrogens (tertiary/aromatic N) is 1. The molecule has 0 saturated carbocycles. The second-order valence-corrected chi connectivity index (χ2v) is 7.47. The zero-order chi connectivity index (χ0) is 14.5. The summed E-state index contributed by atoms with van der Waals surface area (Å²) in [7, 11) is 0. The maximum Gasteiger partial charge on any atom is 0.0972 e. The second kappa shape index (κ2) is 6.92. The Balaban J connectivity index is 1.49. The largest absolute Gasteiger partial charge is 0.396 e. The smallest absolute Gasteiger partial charge is 0.0972 e. The lowest BCUT2D eigenvalue weighted by Gasteiger charge is -2.39. The number of thiazole rings is 1. The minimum atomic E-state index is -0.00639. The van der Waals surface area contributed by atoms with Crippen molar-refractivity contribution in [2.24, 2.45) is 5.41 Å². The third-order valence-corrected chi connectivity index (χ3v) is 5.82. The molecule has 0 unspecified atom stereocenters. The summed E-state index contributed by atoms with van der Waals surface area (Å²) in [6.45, 7) is 1.59. The number of hydrogen-bond donors (Lipinski definition) is 1. The molecule has 0 atom stereocenters. The number of ether oxygens (including phenoxy) is 1. The van der Waals surface area contributed by atoms with Gasteiger partial charge in [0.05, 0.1) is 30.5 Å². The van der Waals surface area contributed by atoms with Gasteiger partial charge in [0, 0.05) is 28.7 Å². The fourth-order valence-corrected chi connectivity index (χ4v) is 4.33. The van der Waals surface area contributed by atoms with E-state index in [1.165, 1.54) is 10.6 Å². The number of benzene rings is 1. The Bertz CT molecular complexity index is 561. The van der Waals surface area contributed by atoms with E-state index in [9.17, 15) is 5.11 Å². The third kappa shape index (κ3) is 3.86. The maximum absolute atomic E-state index is 9.40. The van der Waals surface area contributed by atoms with Crippen LogP contribution >= 0.6 is 23.1 Å². The average Bonchev–Trinajstić information content (AvgIpc) is 2.90. The van der Waals surface area contributed by atoms with Crippen molar-refractivity contribution in [1.29, 1.82) is 0 Å². The standard InChI is InChI=1S/C16H19NO2S2/c18-9-16(10-19-11-16)12-20-7-14-8-21-15(17-14)6-13-4-2-1-3-5-13/h1-5,8,18H,6-7,9-12H2. The van der Waals surface area contributed by atoms with Gasteiger partial charge < -0.3 is 9.84 Å². The van der Waals surface area contributed by atoms with Crippen LogP contribution in [0.2, 0.25) is 0 Å². The first-order chi connectivity index (χ1) is 10.3. The average molecular weight is 321 g/mol. The molecule has 0 spiro atoms. The van der Waals surface area contributed by atoms with Crippen molar-refractivity contribution in [1.82, 2.24) is 4.98 Å². The van der Waals surface area contributed by atoms with E-state index in [0.29, 0.717) is 13.2 Å². The summed E-state index contributed by atoms with van der Waals surface area (Å²) < 4.78 is 5.22. The monoisotopic (exact) mass is 321 g/mol. The van der Waals surface area contributed by atoms with Gasteiger partial charge >= 0.3 is 0 Å². The highest BCUT2D eigenvalue weighted by atomic mass is 32.2. The van der Waals surface area contributed by atoms with Crippen molar-refractivity contribution in [3.05, 3.63) is 52.0 Å². The van der Waals surface area contributed by atoms with Crippen LogP contribution in [-0.4, -0.2) is 35.7 Å². The van der Waals surface area contributed by atoms with Gasteiger partial charge in [0.1, 0.15) is 0 Å². The van der Waals surface area contributed by atoms with Crippen molar-refractivity contribution in [2.75, 3.05) is 25.6 Å². The predicted octanol–water partition coefficient (Wildman–Crippen LogP) is 2.98. The molecule has 0 aliphatic carbocycles. The highest BCUT2D eigenvalue weighted by Gasteiger charge is 2.37. The number of thioether (sulfide) groups is 1. The normalized spacial score (nSPS) is 16.6. The zero-order valence-corrected chi connectivity index (χ0v) is 13.5. The van der Waals surface area contributed by atoms with Gasteiger partial charge in [-0.05, 0) is 5.56 Å². The van der Waals surface area contributed by atoms with Gasteiger partial charge in [-0.2, -0.15) is 11.8 Å². The fourth-order valence-electron chi connectivity index (χ4n) is 2.25. The van der Waals surface area contributed by atoms with E-state index in [2.05, 4.69) is 29.6 Å². The van der Waals surface area contributed by atoms with Gasteiger partial charge in [-0.15, -0.1) is 11.3 Å². The molecule has 2 heterocycles. The van der Waals surface area contributed by atoms with Crippen LogP contribution in [0.5, 0.6) is 0 Å². The van der Waals surface area contributed by atoms with Gasteiger partial charge in [0.25, 0.3) is 0 Å². The van der Waals surface area contributed by atoms with E-state index in [1.807, 2.05) is 17.8 Å². The minimum absolute atomic E-state index is 0.00639. The molecule has 3 nitrogen and oxygen atoms in total. The van der Waals surface area contributed by atoms with Gasteiger partial charge in [-0.1, -0.05) is 30.3 Å². The van der Waals surface area contributed by atoms with Crippen molar-refractivity contribution in [2.45, 2.75) is 12.2 Å². The van der Waals surface area contributed by atoms with Gasteiger partial charge in [0.2, 0.25) is 0 Å². The second-order valence-electron chi connectivity index (χ2n) is 5.54. The number of hydrogen-bond acceptors (Lipinski definition) is 5. The van der Waals surface area contributed by atoms with Crippen LogP contribution in [0.25, 0.3) is 0 Å². The van der Waals surface area contributed by atoms with Gasteiger partial charge in [-0.3, -0.25) is 0 Å². The summed E-state index contributed by atoms with van der Waals surface area (Å²) >= 11 is 3.57. The predicted molar refractivity (Wildman–Crippen MR) is 87.9 cm³/mol. The molecule has 1 N–H and O–H groups in total. The van der Waals surface area contributed by atoms with Gasteiger partial charge in [0.15, 0.2) is 0 Å². The topological polar surface area (TPSA) is 42.4 Å². The Morgan fingerprint density at radius 2 is 2.10 bits per heavy atom. The van der Waals surface area contributed by atoms with Crippen LogP contribution < -0.4 is 0 Å². The van der Waals surface area contributed by atoms with Crippen molar-refractivity contribution < 1.29 is 9.84 Å². The number of aliphatic hydroxyl groups excluding tert-OH is 1. The first-order valence-electron chi connectivity index (χ1n) is 7.03. The summed E-state index contributed by atoms with van der Waals surface area (Å²) in [6, 6.07) is 10.4. The van der Waals surface area contributed by atoms with Gasteiger partial charge in [-0.25, -0.2) is 4.98 Å². The number of rotatable bonds is 7. The lowest BCUT2D eigenvalue weighted by atomic mass is 9.90. The lowest BCUT2D eigenvalue weighted by molar-refractivity contribution is -0.121. The first-order valence-corrected chi connectivity index (χ1v) is 9.07. The Hall–Kier alpha value is -0.880. The Labute approximate surface area is 133 Å². The molecule has 1 saturated heterocycles. The van der Waals surface area contributed by atoms with E-state index in [4.69, 9.17) is 9.72 Å². The molecule has 1 aliphatic rings. The molecular formula is C16H19NO2S2. The minimum Gasteiger partial charge on any atom is -0.396 e. The van der Waals surface area contributed by atoms with Crippen molar-refractivity contribution in [3.63, 3.8) is 0 Å². The zero-order valence-electron chi connectivity index (χ0n) is 11.8. The molecule has 3 rings (SSSR count). The van der Waals surface area contributed by atoms with Crippen LogP contribution in [0, 0.1) is 5.41 Å². The Morgan fingerprint density at radius 1 is 1.29 bits per heavy atom. The van der Waals surface area contributed by atoms with E-state index < -0.39 is 0 Å². The molecule has 2 aromatic rings. The Kier molecular flexibility index (Phi) is 4.95. The SMILES string of the molecule is OCC1(CSCc2csc(Cc3ccccc3)n2)COC1. The van der Waals surface area contributed by atoms with E-state index in [1.54, 1.807) is 11.3 Å². The molecule has 0 radical (unpaired) electrons. The van der Waals surface area contributed by atoms with Crippen molar-refractivity contribution in [3.8, 4) is 0 Å². The number of aromatic nitrogens is 1. The summed E-state index contributed by atoms with van der Waals surface area (Å²) in [5.41, 5.74) is 2.44. The Morgan fingerprint density at radius 3 is 2.76 bits per heavy atom. The van der Waals surface area contributed by atoms with E-state index in [0.717, 1.165) is 23.6 Å². The first kappa shape index (κ1) is 15.0. The maximum atomic E-state index is 9.40. The highest BCUT2D eigenvalue weighted by molar-refractivity contribution is 7.98. The van der Waals surface area contributed by atoms with E-state index in [-0.39, 0.29) is 12.0 Å². The summed E-state index contributed by atoms with van der Waals surface area (Å²) in [5, 5.41) is 12.7. The molecule has 5 heteroatoms. The number of aliphatic hydroxyl groups is 1. The lowest BCUT2D eigenvalue weighted by Crippen LogP contribution is -2.47. The summed E-state index contributed by atoms with van der Waals surface area (Å²) in [6.07, 6.45) is 0.907. The van der Waals surface area contributed by atoms with Crippen LogP contribution in [0.4, 0.5) is 0 Å².